The molecule has 0 aliphatic carbocycles. The number of hydrogen-bond donors (Lipinski definition) is 1. The van der Waals surface area contributed by atoms with E-state index in [9.17, 15) is 8.78 Å². The molecule has 0 spiro atoms. The minimum atomic E-state index is -0.673. The average molecular weight is 288 g/mol. The number of hydrogen-bond acceptors (Lipinski definition) is 2. The van der Waals surface area contributed by atoms with Crippen molar-refractivity contribution in [2.75, 3.05) is 6.61 Å². The highest BCUT2D eigenvalue weighted by atomic mass is 19.1. The van der Waals surface area contributed by atoms with Crippen LogP contribution in [-0.4, -0.2) is 11.7 Å². The summed E-state index contributed by atoms with van der Waals surface area (Å²) in [6.45, 7) is 0.222. The summed E-state index contributed by atoms with van der Waals surface area (Å²) in [5.74, 6) is 4.54. The molecule has 2 aromatic rings. The van der Waals surface area contributed by atoms with Crippen molar-refractivity contribution in [1.29, 1.82) is 0 Å². The zero-order chi connectivity index (χ0) is 15.1. The summed E-state index contributed by atoms with van der Waals surface area (Å²) < 4.78 is 31.4. The Morgan fingerprint density at radius 2 is 1.81 bits per heavy atom. The van der Waals surface area contributed by atoms with Crippen LogP contribution in [0.5, 0.6) is 5.75 Å². The number of halogens is 2. The van der Waals surface area contributed by atoms with Crippen LogP contribution in [0.15, 0.2) is 42.5 Å². The van der Waals surface area contributed by atoms with E-state index in [1.165, 1.54) is 0 Å². The number of aliphatic hydroxyl groups excluding tert-OH is 1. The van der Waals surface area contributed by atoms with Crippen molar-refractivity contribution >= 4 is 0 Å². The van der Waals surface area contributed by atoms with Crippen molar-refractivity contribution in [2.45, 2.75) is 13.0 Å². The molecule has 0 heterocycles. The van der Waals surface area contributed by atoms with Crippen LogP contribution in [-0.2, 0) is 6.61 Å². The van der Waals surface area contributed by atoms with Crippen LogP contribution in [0.2, 0.25) is 0 Å². The molecule has 1 N–H and O–H groups in total. The Bertz CT molecular complexity index is 652. The number of benzene rings is 2. The van der Waals surface area contributed by atoms with Crippen LogP contribution in [0, 0.1) is 23.5 Å². The van der Waals surface area contributed by atoms with E-state index in [4.69, 9.17) is 9.84 Å². The highest BCUT2D eigenvalue weighted by Gasteiger charge is 2.02. The molecule has 0 radical (unpaired) electrons. The Hall–Kier alpha value is -2.38. The summed E-state index contributed by atoms with van der Waals surface area (Å²) in [5.41, 5.74) is 1.64. The lowest BCUT2D eigenvalue weighted by Gasteiger charge is -2.07. The van der Waals surface area contributed by atoms with Crippen LogP contribution in [0.4, 0.5) is 8.78 Å². The van der Waals surface area contributed by atoms with E-state index in [-0.39, 0.29) is 19.0 Å². The van der Waals surface area contributed by atoms with Crippen molar-refractivity contribution in [3.63, 3.8) is 0 Å². The molecule has 2 rings (SSSR count). The van der Waals surface area contributed by atoms with Gasteiger partial charge in [-0.15, -0.1) is 0 Å². The fourth-order valence-electron chi connectivity index (χ4n) is 1.74. The topological polar surface area (TPSA) is 29.5 Å². The van der Waals surface area contributed by atoms with Crippen molar-refractivity contribution in [1.82, 2.24) is 0 Å². The summed E-state index contributed by atoms with van der Waals surface area (Å²) in [6, 6.07) is 10.4. The smallest absolute Gasteiger partial charge is 0.129 e. The van der Waals surface area contributed by atoms with E-state index in [0.29, 0.717) is 6.42 Å². The van der Waals surface area contributed by atoms with Crippen molar-refractivity contribution < 1.29 is 18.6 Å². The Morgan fingerprint density at radius 1 is 1.05 bits per heavy atom. The Labute approximate surface area is 122 Å². The second-order valence-electron chi connectivity index (χ2n) is 4.37. The number of ether oxygens (including phenoxy) is 1. The first kappa shape index (κ1) is 15.0. The first-order valence-electron chi connectivity index (χ1n) is 6.45. The van der Waals surface area contributed by atoms with Gasteiger partial charge in [0, 0.05) is 30.2 Å². The highest BCUT2D eigenvalue weighted by Crippen LogP contribution is 2.17. The van der Waals surface area contributed by atoms with Gasteiger partial charge in [-0.3, -0.25) is 0 Å². The lowest BCUT2D eigenvalue weighted by molar-refractivity contribution is 0.302. The van der Waals surface area contributed by atoms with E-state index >= 15 is 0 Å². The van der Waals surface area contributed by atoms with Gasteiger partial charge in [0.2, 0.25) is 0 Å². The molecule has 0 amide bonds. The van der Waals surface area contributed by atoms with Crippen molar-refractivity contribution in [3.8, 4) is 17.6 Å². The molecule has 0 aliphatic heterocycles. The van der Waals surface area contributed by atoms with Gasteiger partial charge in [0.1, 0.15) is 24.0 Å². The van der Waals surface area contributed by atoms with E-state index in [0.717, 1.165) is 29.3 Å². The van der Waals surface area contributed by atoms with Gasteiger partial charge >= 0.3 is 0 Å². The fourth-order valence-corrected chi connectivity index (χ4v) is 1.74. The maximum atomic E-state index is 13.0. The molecule has 0 saturated carbocycles. The van der Waals surface area contributed by atoms with Crippen LogP contribution in [0.25, 0.3) is 0 Å². The largest absolute Gasteiger partial charge is 0.489 e. The van der Waals surface area contributed by atoms with E-state index in [2.05, 4.69) is 11.8 Å². The van der Waals surface area contributed by atoms with E-state index in [1.54, 1.807) is 0 Å². The summed E-state index contributed by atoms with van der Waals surface area (Å²) in [7, 11) is 0. The highest BCUT2D eigenvalue weighted by molar-refractivity contribution is 5.37. The van der Waals surface area contributed by atoms with Gasteiger partial charge in [-0.05, 0) is 17.7 Å². The van der Waals surface area contributed by atoms with Crippen molar-refractivity contribution in [3.05, 3.63) is 65.2 Å². The van der Waals surface area contributed by atoms with Gasteiger partial charge in [0.25, 0.3) is 0 Å². The molecule has 0 atom stereocenters. The zero-order valence-corrected chi connectivity index (χ0v) is 11.3. The minimum absolute atomic E-state index is 0.0287. The van der Waals surface area contributed by atoms with E-state index in [1.807, 2.05) is 24.3 Å². The molecule has 0 aliphatic rings. The first-order valence-corrected chi connectivity index (χ1v) is 6.45. The molecule has 0 aromatic heterocycles. The third kappa shape index (κ3) is 4.90. The maximum absolute atomic E-state index is 13.0. The molecule has 21 heavy (non-hydrogen) atoms. The van der Waals surface area contributed by atoms with E-state index < -0.39 is 11.6 Å². The zero-order valence-electron chi connectivity index (χ0n) is 11.3. The Morgan fingerprint density at radius 3 is 2.52 bits per heavy atom. The van der Waals surface area contributed by atoms with Crippen LogP contribution >= 0.6 is 0 Å². The van der Waals surface area contributed by atoms with Gasteiger partial charge < -0.3 is 9.84 Å². The third-order valence-corrected chi connectivity index (χ3v) is 2.64. The predicted molar refractivity (Wildman–Crippen MR) is 75.7 cm³/mol. The van der Waals surface area contributed by atoms with Crippen LogP contribution in [0.3, 0.4) is 0 Å². The third-order valence-electron chi connectivity index (χ3n) is 2.64. The Balaban J connectivity index is 2.03. The molecule has 108 valence electrons. The summed E-state index contributed by atoms with van der Waals surface area (Å²) in [4.78, 5) is 0. The normalized spacial score (nSPS) is 9.86. The second-order valence-corrected chi connectivity index (χ2v) is 4.37. The van der Waals surface area contributed by atoms with Gasteiger partial charge in [0.05, 0.1) is 6.61 Å². The fraction of sp³-hybridized carbons (Fsp3) is 0.176. The first-order chi connectivity index (χ1) is 10.2. The van der Waals surface area contributed by atoms with Gasteiger partial charge in [-0.2, -0.15) is 0 Å². The molecule has 2 nitrogen and oxygen atoms in total. The quantitative estimate of drug-likeness (QED) is 0.875. The SMILES string of the molecule is OCCC#Cc1cccc(COc2cc(F)cc(F)c2)c1. The average Bonchev–Trinajstić information content (AvgIpc) is 2.45. The molecular weight excluding hydrogens is 274 g/mol. The molecule has 0 unspecified atom stereocenters. The molecule has 4 heteroatoms. The van der Waals surface area contributed by atoms with Gasteiger partial charge in [-0.25, -0.2) is 8.78 Å². The summed E-state index contributed by atoms with van der Waals surface area (Å²) in [5, 5.41) is 8.67. The predicted octanol–water partition coefficient (Wildman–Crippen LogP) is 3.28. The number of aliphatic hydroxyl groups is 1. The monoisotopic (exact) mass is 288 g/mol. The lowest BCUT2D eigenvalue weighted by atomic mass is 10.1. The van der Waals surface area contributed by atoms with Crippen LogP contribution in [0.1, 0.15) is 17.5 Å². The molecule has 0 saturated heterocycles. The van der Waals surface area contributed by atoms with Crippen molar-refractivity contribution in [2.24, 2.45) is 0 Å². The summed E-state index contributed by atoms with van der Waals surface area (Å²) >= 11 is 0. The van der Waals surface area contributed by atoms with Crippen LogP contribution < -0.4 is 4.74 Å². The number of rotatable bonds is 4. The molecule has 0 bridgehead atoms. The molecule has 0 fully saturated rings. The summed E-state index contributed by atoms with van der Waals surface area (Å²) in [6.07, 6.45) is 0.420. The lowest BCUT2D eigenvalue weighted by Crippen LogP contribution is -1.97. The molecular formula is C17H14F2O2. The second kappa shape index (κ2) is 7.41. The maximum Gasteiger partial charge on any atom is 0.129 e. The Kier molecular flexibility index (Phi) is 5.30. The van der Waals surface area contributed by atoms with Gasteiger partial charge in [0.15, 0.2) is 0 Å². The minimum Gasteiger partial charge on any atom is -0.489 e. The molecule has 2 aromatic carbocycles. The standard InChI is InChI=1S/C17H14F2O2/c18-15-9-16(19)11-17(10-15)21-12-14-6-3-5-13(8-14)4-1-2-7-20/h3,5-6,8-11,20H,2,7,12H2. The van der Waals surface area contributed by atoms with Gasteiger partial charge in [-0.1, -0.05) is 24.0 Å².